The van der Waals surface area contributed by atoms with E-state index in [0.717, 1.165) is 35.0 Å². The molecule has 6 unspecified atom stereocenters. The van der Waals surface area contributed by atoms with Crippen molar-refractivity contribution in [2.24, 2.45) is 35.0 Å². The summed E-state index contributed by atoms with van der Waals surface area (Å²) in [6.07, 6.45) is 17.8. The van der Waals surface area contributed by atoms with E-state index in [9.17, 15) is 0 Å². The number of fused-ring (bicyclic) bond motifs is 1. The first-order valence-electron chi connectivity index (χ1n) is 10.9. The molecule has 136 valence electrons. The maximum atomic E-state index is 2.58. The van der Waals surface area contributed by atoms with Crippen LogP contribution in [0.5, 0.6) is 0 Å². The third-order valence-electron chi connectivity index (χ3n) is 7.25. The van der Waals surface area contributed by atoms with Crippen molar-refractivity contribution in [1.29, 1.82) is 0 Å². The molecule has 0 radical (unpaired) electrons. The van der Waals surface area contributed by atoms with Crippen LogP contribution in [-0.4, -0.2) is 0 Å². The molecule has 0 aromatic heterocycles. The van der Waals surface area contributed by atoms with Crippen molar-refractivity contribution in [2.45, 2.75) is 112 Å². The van der Waals surface area contributed by atoms with Crippen LogP contribution < -0.4 is 0 Å². The van der Waals surface area contributed by atoms with E-state index in [1.807, 2.05) is 0 Å². The van der Waals surface area contributed by atoms with E-state index in [2.05, 4.69) is 34.6 Å². The second kappa shape index (κ2) is 8.91. The Balaban J connectivity index is 1.83. The molecule has 23 heavy (non-hydrogen) atoms. The molecule has 0 spiro atoms. The summed E-state index contributed by atoms with van der Waals surface area (Å²) in [5.74, 6) is 4.84. The van der Waals surface area contributed by atoms with Crippen LogP contribution >= 0.6 is 0 Å². The molecule has 0 saturated heterocycles. The number of hydrogen-bond acceptors (Lipinski definition) is 0. The van der Waals surface area contributed by atoms with Gasteiger partial charge in [0.2, 0.25) is 0 Å². The zero-order chi connectivity index (χ0) is 16.9. The molecule has 2 fully saturated rings. The molecule has 2 saturated carbocycles. The van der Waals surface area contributed by atoms with Crippen LogP contribution in [0.3, 0.4) is 0 Å². The van der Waals surface area contributed by atoms with Gasteiger partial charge in [-0.25, -0.2) is 0 Å². The standard InChI is InChI=1S/C23H44/c1-18-9-6-7-12-22-17-23(22,5)14-13-21(4)16-20(3)11-8-10-19(2)15-18/h18-22H,6-17H2,1-5H3. The highest BCUT2D eigenvalue weighted by Crippen LogP contribution is 2.58. The van der Waals surface area contributed by atoms with Gasteiger partial charge in [0, 0.05) is 0 Å². The topological polar surface area (TPSA) is 0 Å². The fourth-order valence-corrected chi connectivity index (χ4v) is 5.38. The summed E-state index contributed by atoms with van der Waals surface area (Å²) >= 11 is 0. The molecule has 0 heterocycles. The summed E-state index contributed by atoms with van der Waals surface area (Å²) < 4.78 is 0. The summed E-state index contributed by atoms with van der Waals surface area (Å²) in [6.45, 7) is 12.6. The molecule has 0 amide bonds. The highest BCUT2D eigenvalue weighted by molar-refractivity contribution is 4.98. The first kappa shape index (κ1) is 19.3. The lowest BCUT2D eigenvalue weighted by atomic mass is 9.86. The van der Waals surface area contributed by atoms with Crippen molar-refractivity contribution < 1.29 is 0 Å². The van der Waals surface area contributed by atoms with Crippen molar-refractivity contribution in [3.8, 4) is 0 Å². The first-order valence-corrected chi connectivity index (χ1v) is 10.9. The van der Waals surface area contributed by atoms with Crippen LogP contribution in [0.2, 0.25) is 0 Å². The van der Waals surface area contributed by atoms with E-state index in [1.165, 1.54) is 77.0 Å². The maximum absolute atomic E-state index is 2.58. The molecular formula is C23H44. The van der Waals surface area contributed by atoms with Gasteiger partial charge in [-0.1, -0.05) is 79.6 Å². The van der Waals surface area contributed by atoms with Gasteiger partial charge in [-0.2, -0.15) is 0 Å². The molecule has 0 heteroatoms. The minimum absolute atomic E-state index is 0.728. The van der Waals surface area contributed by atoms with Crippen LogP contribution in [0.15, 0.2) is 0 Å². The normalized spacial score (nSPS) is 45.0. The lowest BCUT2D eigenvalue weighted by molar-refractivity contribution is 0.317. The van der Waals surface area contributed by atoms with Crippen LogP contribution in [0.4, 0.5) is 0 Å². The quantitative estimate of drug-likeness (QED) is 0.426. The zero-order valence-corrected chi connectivity index (χ0v) is 16.9. The third-order valence-corrected chi connectivity index (χ3v) is 7.25. The fourth-order valence-electron chi connectivity index (χ4n) is 5.38. The van der Waals surface area contributed by atoms with Crippen molar-refractivity contribution >= 4 is 0 Å². The van der Waals surface area contributed by atoms with Gasteiger partial charge in [0.05, 0.1) is 0 Å². The smallest absolute Gasteiger partial charge is 0.0294 e. The summed E-state index contributed by atoms with van der Waals surface area (Å²) in [4.78, 5) is 0. The summed E-state index contributed by atoms with van der Waals surface area (Å²) in [7, 11) is 0. The fraction of sp³-hybridized carbons (Fsp3) is 1.00. The van der Waals surface area contributed by atoms with Gasteiger partial charge < -0.3 is 0 Å². The molecule has 6 atom stereocenters. The van der Waals surface area contributed by atoms with Gasteiger partial charge in [0.1, 0.15) is 0 Å². The van der Waals surface area contributed by atoms with E-state index in [0.29, 0.717) is 0 Å². The van der Waals surface area contributed by atoms with Crippen molar-refractivity contribution in [1.82, 2.24) is 0 Å². The summed E-state index contributed by atoms with van der Waals surface area (Å²) in [5.41, 5.74) is 0.728. The lowest BCUT2D eigenvalue weighted by Gasteiger charge is -2.20. The second-order valence-electron chi connectivity index (χ2n) is 10.2. The minimum atomic E-state index is 0.728. The van der Waals surface area contributed by atoms with Gasteiger partial charge in [-0.3, -0.25) is 0 Å². The lowest BCUT2D eigenvalue weighted by Crippen LogP contribution is -2.08. The van der Waals surface area contributed by atoms with Crippen LogP contribution in [-0.2, 0) is 0 Å². The highest BCUT2D eigenvalue weighted by Gasteiger charge is 2.48. The summed E-state index contributed by atoms with van der Waals surface area (Å²) in [6, 6.07) is 0. The Bertz CT molecular complexity index is 333. The van der Waals surface area contributed by atoms with Gasteiger partial charge >= 0.3 is 0 Å². The van der Waals surface area contributed by atoms with Crippen molar-refractivity contribution in [3.05, 3.63) is 0 Å². The molecule has 0 N–H and O–H groups in total. The molecule has 0 nitrogen and oxygen atoms in total. The molecule has 2 aliphatic carbocycles. The number of hydrogen-bond donors (Lipinski definition) is 0. The Kier molecular flexibility index (Phi) is 7.49. The maximum Gasteiger partial charge on any atom is -0.0294 e. The van der Waals surface area contributed by atoms with E-state index >= 15 is 0 Å². The monoisotopic (exact) mass is 320 g/mol. The molecule has 2 aliphatic rings. The summed E-state index contributed by atoms with van der Waals surface area (Å²) in [5, 5.41) is 0. The highest BCUT2D eigenvalue weighted by atomic mass is 14.5. The largest absolute Gasteiger partial charge is 0.0625 e. The second-order valence-corrected chi connectivity index (χ2v) is 10.2. The van der Waals surface area contributed by atoms with E-state index in [4.69, 9.17) is 0 Å². The third kappa shape index (κ3) is 6.79. The predicted molar refractivity (Wildman–Crippen MR) is 104 cm³/mol. The van der Waals surface area contributed by atoms with E-state index < -0.39 is 0 Å². The van der Waals surface area contributed by atoms with Crippen molar-refractivity contribution in [2.75, 3.05) is 0 Å². The number of rotatable bonds is 0. The molecule has 0 aromatic rings. The average Bonchev–Trinajstić information content (AvgIpc) is 3.11. The first-order chi connectivity index (χ1) is 10.9. The van der Waals surface area contributed by atoms with Gasteiger partial charge in [0.25, 0.3) is 0 Å². The Hall–Kier alpha value is 0. The SMILES string of the molecule is CC1CCCCC2CC2(C)CCC(C)CC(C)CCCC(C)C1. The molecule has 2 rings (SSSR count). The Morgan fingerprint density at radius 1 is 0.609 bits per heavy atom. The minimum Gasteiger partial charge on any atom is -0.0625 e. The average molecular weight is 321 g/mol. The van der Waals surface area contributed by atoms with E-state index in [-0.39, 0.29) is 0 Å². The van der Waals surface area contributed by atoms with Crippen LogP contribution in [0.25, 0.3) is 0 Å². The molecule has 0 aromatic carbocycles. The Morgan fingerprint density at radius 2 is 1.09 bits per heavy atom. The van der Waals surface area contributed by atoms with Gasteiger partial charge in [-0.15, -0.1) is 0 Å². The Labute approximate surface area is 147 Å². The molecule has 0 aliphatic heterocycles. The van der Waals surface area contributed by atoms with Gasteiger partial charge in [-0.05, 0) is 67.1 Å². The van der Waals surface area contributed by atoms with Gasteiger partial charge in [0.15, 0.2) is 0 Å². The molecule has 0 bridgehead atoms. The predicted octanol–water partition coefficient (Wildman–Crippen LogP) is 7.86. The van der Waals surface area contributed by atoms with Crippen molar-refractivity contribution in [3.63, 3.8) is 0 Å². The van der Waals surface area contributed by atoms with E-state index in [1.54, 1.807) is 0 Å². The Morgan fingerprint density at radius 3 is 1.70 bits per heavy atom. The molecular weight excluding hydrogens is 276 g/mol. The zero-order valence-electron chi connectivity index (χ0n) is 16.9. The van der Waals surface area contributed by atoms with Crippen LogP contribution in [0, 0.1) is 35.0 Å². The van der Waals surface area contributed by atoms with Crippen LogP contribution in [0.1, 0.15) is 112 Å².